The number of benzene rings is 1. The Hall–Kier alpha value is -1.88. The molecule has 0 aliphatic rings. The fraction of sp³-hybridized carbons (Fsp3) is 0.467. The van der Waals surface area contributed by atoms with Crippen LogP contribution in [0.25, 0.3) is 0 Å². The third-order valence-electron chi connectivity index (χ3n) is 3.08. The van der Waals surface area contributed by atoms with Crippen molar-refractivity contribution in [1.82, 2.24) is 5.32 Å². The normalized spacial score (nSPS) is 13.5. The van der Waals surface area contributed by atoms with Crippen molar-refractivity contribution < 1.29 is 19.4 Å². The van der Waals surface area contributed by atoms with Gasteiger partial charge in [0, 0.05) is 6.54 Å². The molecule has 0 spiro atoms. The number of carbonyl (C=O) groups is 2. The van der Waals surface area contributed by atoms with Crippen LogP contribution in [0.4, 0.5) is 0 Å². The predicted octanol–water partition coefficient (Wildman–Crippen LogP) is 1.82. The molecule has 0 radical (unpaired) electrons. The summed E-state index contributed by atoms with van der Waals surface area (Å²) < 4.78 is 5.46. The van der Waals surface area contributed by atoms with Crippen LogP contribution in [-0.4, -0.2) is 29.6 Å². The highest BCUT2D eigenvalue weighted by Gasteiger charge is 2.18. The van der Waals surface area contributed by atoms with Crippen molar-refractivity contribution in [2.24, 2.45) is 5.92 Å². The van der Waals surface area contributed by atoms with Crippen LogP contribution < -0.4 is 5.32 Å². The first-order valence-corrected chi connectivity index (χ1v) is 6.70. The standard InChI is InChI=1S/C15H21NO4/c1-3-13(15(18)19)9-16-14(17)11(2)20-10-12-7-5-4-6-8-12/h4-8,11,13H,3,9-10H2,1-2H3,(H,16,17)(H,18,19). The largest absolute Gasteiger partial charge is 0.481 e. The Balaban J connectivity index is 2.34. The number of hydrogen-bond donors (Lipinski definition) is 2. The molecule has 1 amide bonds. The van der Waals surface area contributed by atoms with Crippen molar-refractivity contribution in [3.05, 3.63) is 35.9 Å². The molecule has 0 heterocycles. The Kier molecular flexibility index (Phi) is 6.73. The second-order valence-electron chi connectivity index (χ2n) is 4.63. The van der Waals surface area contributed by atoms with E-state index in [1.54, 1.807) is 13.8 Å². The minimum absolute atomic E-state index is 0.129. The number of hydrogen-bond acceptors (Lipinski definition) is 3. The van der Waals surface area contributed by atoms with Gasteiger partial charge in [0.1, 0.15) is 6.10 Å². The molecule has 1 aromatic rings. The molecule has 0 aliphatic carbocycles. The van der Waals surface area contributed by atoms with Gasteiger partial charge in [-0.15, -0.1) is 0 Å². The topological polar surface area (TPSA) is 75.6 Å². The Morgan fingerprint density at radius 2 is 1.95 bits per heavy atom. The van der Waals surface area contributed by atoms with Gasteiger partial charge in [0.05, 0.1) is 12.5 Å². The van der Waals surface area contributed by atoms with E-state index in [0.29, 0.717) is 13.0 Å². The fourth-order valence-electron chi connectivity index (χ4n) is 1.64. The van der Waals surface area contributed by atoms with Crippen molar-refractivity contribution in [1.29, 1.82) is 0 Å². The second kappa shape index (κ2) is 8.32. The first kappa shape index (κ1) is 16.2. The van der Waals surface area contributed by atoms with Gasteiger partial charge in [-0.05, 0) is 18.9 Å². The van der Waals surface area contributed by atoms with Crippen molar-refractivity contribution >= 4 is 11.9 Å². The second-order valence-corrected chi connectivity index (χ2v) is 4.63. The summed E-state index contributed by atoms with van der Waals surface area (Å²) in [5, 5.41) is 11.5. The van der Waals surface area contributed by atoms with E-state index >= 15 is 0 Å². The third kappa shape index (κ3) is 5.40. The quantitative estimate of drug-likeness (QED) is 0.761. The van der Waals surface area contributed by atoms with Gasteiger partial charge in [-0.3, -0.25) is 9.59 Å². The molecular weight excluding hydrogens is 258 g/mol. The van der Waals surface area contributed by atoms with E-state index in [-0.39, 0.29) is 12.5 Å². The summed E-state index contributed by atoms with van der Waals surface area (Å²) in [7, 11) is 0. The Morgan fingerprint density at radius 3 is 2.50 bits per heavy atom. The van der Waals surface area contributed by atoms with E-state index in [4.69, 9.17) is 9.84 Å². The lowest BCUT2D eigenvalue weighted by Gasteiger charge is -2.15. The van der Waals surface area contributed by atoms with Crippen LogP contribution in [0, 0.1) is 5.92 Å². The molecule has 0 aliphatic heterocycles. The third-order valence-corrected chi connectivity index (χ3v) is 3.08. The summed E-state index contributed by atoms with van der Waals surface area (Å²) in [6, 6.07) is 9.56. The van der Waals surface area contributed by atoms with Crippen LogP contribution in [0.15, 0.2) is 30.3 Å². The van der Waals surface area contributed by atoms with Crippen LogP contribution in [0.3, 0.4) is 0 Å². The molecule has 110 valence electrons. The number of aliphatic carboxylic acids is 1. The minimum atomic E-state index is -0.898. The molecular formula is C15H21NO4. The zero-order valence-electron chi connectivity index (χ0n) is 11.8. The number of rotatable bonds is 8. The number of ether oxygens (including phenoxy) is 1. The van der Waals surface area contributed by atoms with Crippen LogP contribution in [0.2, 0.25) is 0 Å². The van der Waals surface area contributed by atoms with E-state index in [2.05, 4.69) is 5.32 Å². The highest BCUT2D eigenvalue weighted by Crippen LogP contribution is 2.04. The molecule has 0 saturated heterocycles. The maximum absolute atomic E-state index is 11.8. The molecule has 5 nitrogen and oxygen atoms in total. The SMILES string of the molecule is CCC(CNC(=O)C(C)OCc1ccccc1)C(=O)O. The highest BCUT2D eigenvalue weighted by atomic mass is 16.5. The van der Waals surface area contributed by atoms with Gasteiger partial charge in [0.2, 0.25) is 5.91 Å². The molecule has 0 fully saturated rings. The van der Waals surface area contributed by atoms with Crippen molar-refractivity contribution in [3.63, 3.8) is 0 Å². The Labute approximate surface area is 118 Å². The molecule has 1 aromatic carbocycles. The maximum Gasteiger partial charge on any atom is 0.308 e. The number of carbonyl (C=O) groups excluding carboxylic acids is 1. The lowest BCUT2D eigenvalue weighted by atomic mass is 10.1. The lowest BCUT2D eigenvalue weighted by Crippen LogP contribution is -2.39. The van der Waals surface area contributed by atoms with E-state index in [1.165, 1.54) is 0 Å². The first-order chi connectivity index (χ1) is 9.54. The van der Waals surface area contributed by atoms with Crippen molar-refractivity contribution in [3.8, 4) is 0 Å². The number of carboxylic acid groups (broad SMARTS) is 1. The zero-order valence-corrected chi connectivity index (χ0v) is 11.8. The number of carboxylic acids is 1. The minimum Gasteiger partial charge on any atom is -0.481 e. The smallest absolute Gasteiger partial charge is 0.308 e. The number of amides is 1. The predicted molar refractivity (Wildman–Crippen MR) is 75.1 cm³/mol. The lowest BCUT2D eigenvalue weighted by molar-refractivity contribution is -0.142. The van der Waals surface area contributed by atoms with Gasteiger partial charge in [0.25, 0.3) is 0 Å². The molecule has 2 unspecified atom stereocenters. The molecule has 0 bridgehead atoms. The van der Waals surface area contributed by atoms with Crippen LogP contribution >= 0.6 is 0 Å². The highest BCUT2D eigenvalue weighted by molar-refractivity contribution is 5.81. The van der Waals surface area contributed by atoms with Gasteiger partial charge in [0.15, 0.2) is 0 Å². The molecule has 20 heavy (non-hydrogen) atoms. The van der Waals surface area contributed by atoms with E-state index in [9.17, 15) is 9.59 Å². The summed E-state index contributed by atoms with van der Waals surface area (Å²) in [5.74, 6) is -1.74. The molecule has 0 aromatic heterocycles. The van der Waals surface area contributed by atoms with Gasteiger partial charge >= 0.3 is 5.97 Å². The van der Waals surface area contributed by atoms with E-state index in [0.717, 1.165) is 5.56 Å². The fourth-order valence-corrected chi connectivity index (χ4v) is 1.64. The summed E-state index contributed by atoms with van der Waals surface area (Å²) in [4.78, 5) is 22.6. The molecule has 1 rings (SSSR count). The van der Waals surface area contributed by atoms with Gasteiger partial charge < -0.3 is 15.2 Å². The summed E-state index contributed by atoms with van der Waals surface area (Å²) in [6.45, 7) is 3.91. The molecule has 2 atom stereocenters. The first-order valence-electron chi connectivity index (χ1n) is 6.70. The molecule has 0 saturated carbocycles. The van der Waals surface area contributed by atoms with Crippen LogP contribution in [-0.2, 0) is 20.9 Å². The Bertz CT molecular complexity index is 433. The number of nitrogens with one attached hydrogen (secondary N) is 1. The summed E-state index contributed by atoms with van der Waals surface area (Å²) in [6.07, 6.45) is -0.129. The van der Waals surface area contributed by atoms with Gasteiger partial charge in [-0.2, -0.15) is 0 Å². The molecule has 5 heteroatoms. The monoisotopic (exact) mass is 279 g/mol. The van der Waals surface area contributed by atoms with E-state index < -0.39 is 18.0 Å². The zero-order chi connectivity index (χ0) is 15.0. The van der Waals surface area contributed by atoms with Crippen LogP contribution in [0.1, 0.15) is 25.8 Å². The van der Waals surface area contributed by atoms with E-state index in [1.807, 2.05) is 30.3 Å². The van der Waals surface area contributed by atoms with Crippen molar-refractivity contribution in [2.45, 2.75) is 33.0 Å². The summed E-state index contributed by atoms with van der Waals surface area (Å²) in [5.41, 5.74) is 0.990. The Morgan fingerprint density at radius 1 is 1.30 bits per heavy atom. The molecule has 2 N–H and O–H groups in total. The average Bonchev–Trinajstić information content (AvgIpc) is 2.45. The van der Waals surface area contributed by atoms with Crippen molar-refractivity contribution in [2.75, 3.05) is 6.54 Å². The van der Waals surface area contributed by atoms with Crippen LogP contribution in [0.5, 0.6) is 0 Å². The van der Waals surface area contributed by atoms with Gasteiger partial charge in [-0.1, -0.05) is 37.3 Å². The average molecular weight is 279 g/mol. The maximum atomic E-state index is 11.8. The van der Waals surface area contributed by atoms with Gasteiger partial charge in [-0.25, -0.2) is 0 Å². The summed E-state index contributed by atoms with van der Waals surface area (Å²) >= 11 is 0.